The Morgan fingerprint density at radius 1 is 1.24 bits per heavy atom. The molecule has 0 spiro atoms. The number of alkyl halides is 3. The van der Waals surface area contributed by atoms with E-state index in [1.165, 1.54) is 11.1 Å². The van der Waals surface area contributed by atoms with Gasteiger partial charge in [-0.25, -0.2) is 14.4 Å². The molecule has 29 heavy (non-hydrogen) atoms. The highest BCUT2D eigenvalue weighted by molar-refractivity contribution is 5.91. The summed E-state index contributed by atoms with van der Waals surface area (Å²) in [7, 11) is 0. The summed E-state index contributed by atoms with van der Waals surface area (Å²) in [6.07, 6.45) is 0.0682. The summed E-state index contributed by atoms with van der Waals surface area (Å²) in [4.78, 5) is 24.7. The molecule has 2 aromatic heterocycles. The molecule has 0 unspecified atom stereocenters. The normalized spacial score (nSPS) is 14.4. The van der Waals surface area contributed by atoms with Crippen molar-refractivity contribution in [3.63, 3.8) is 0 Å². The molecule has 0 N–H and O–H groups in total. The van der Waals surface area contributed by atoms with E-state index in [0.717, 1.165) is 23.9 Å². The number of carbonyl (C=O) groups is 1. The lowest BCUT2D eigenvalue weighted by molar-refractivity contribution is -0.141. The summed E-state index contributed by atoms with van der Waals surface area (Å²) in [6, 6.07) is 1.97. The second kappa shape index (κ2) is 7.98. The van der Waals surface area contributed by atoms with E-state index in [4.69, 9.17) is 4.74 Å². The molecular formula is C19H16F4N4O2. The third-order valence-corrected chi connectivity index (χ3v) is 4.19. The maximum Gasteiger partial charge on any atom is 0.433 e. The number of halogens is 4. The van der Waals surface area contributed by atoms with E-state index in [1.54, 1.807) is 13.0 Å². The Balaban J connectivity index is 1.84. The number of ether oxygens (including phenoxy) is 1. The van der Waals surface area contributed by atoms with Gasteiger partial charge in [0.05, 0.1) is 11.8 Å². The first kappa shape index (κ1) is 20.4. The number of pyridine rings is 1. The van der Waals surface area contributed by atoms with Crippen LogP contribution in [0.1, 0.15) is 23.5 Å². The van der Waals surface area contributed by atoms with Gasteiger partial charge in [-0.2, -0.15) is 18.2 Å². The predicted molar refractivity (Wildman–Crippen MR) is 95.5 cm³/mol. The average Bonchev–Trinajstić information content (AvgIpc) is 2.67. The van der Waals surface area contributed by atoms with Crippen LogP contribution in [0.3, 0.4) is 0 Å². The lowest BCUT2D eigenvalue weighted by Gasteiger charge is -2.26. The van der Waals surface area contributed by atoms with Gasteiger partial charge in [-0.1, -0.05) is 12.7 Å². The highest BCUT2D eigenvalue weighted by Gasteiger charge is 2.32. The minimum Gasteiger partial charge on any atom is -0.437 e. The molecule has 10 heteroatoms. The topological polar surface area (TPSA) is 68.2 Å². The van der Waals surface area contributed by atoms with Crippen LogP contribution in [0.15, 0.2) is 43.0 Å². The van der Waals surface area contributed by atoms with E-state index in [0.29, 0.717) is 17.8 Å². The van der Waals surface area contributed by atoms with Crippen LogP contribution < -0.4 is 4.74 Å². The molecule has 0 aromatic carbocycles. The fourth-order valence-corrected chi connectivity index (χ4v) is 2.74. The Hall–Kier alpha value is -3.30. The van der Waals surface area contributed by atoms with Gasteiger partial charge < -0.3 is 9.64 Å². The van der Waals surface area contributed by atoms with Crippen LogP contribution in [0.5, 0.6) is 11.6 Å². The fraction of sp³-hybridized carbons (Fsp3) is 0.263. The standard InChI is InChI=1S/C19H16F4N4O2/c1-11(20)18(28)27-7-5-13(6-8-27)15-10-24-12(2)26-17(15)29-14-3-4-16(25-9-14)19(21,22)23/h3-5,9-10H,1,6-8H2,2H3. The van der Waals surface area contributed by atoms with E-state index in [2.05, 4.69) is 21.5 Å². The van der Waals surface area contributed by atoms with E-state index < -0.39 is 23.6 Å². The molecule has 0 saturated heterocycles. The van der Waals surface area contributed by atoms with Crippen LogP contribution in [0, 0.1) is 6.92 Å². The molecule has 0 atom stereocenters. The van der Waals surface area contributed by atoms with Crippen molar-refractivity contribution in [2.45, 2.75) is 19.5 Å². The molecule has 1 aliphatic heterocycles. The maximum absolute atomic E-state index is 13.0. The smallest absolute Gasteiger partial charge is 0.433 e. The average molecular weight is 408 g/mol. The Labute approximate surface area is 163 Å². The third-order valence-electron chi connectivity index (χ3n) is 4.19. The van der Waals surface area contributed by atoms with E-state index in [1.807, 2.05) is 0 Å². The van der Waals surface area contributed by atoms with E-state index in [9.17, 15) is 22.4 Å². The zero-order valence-electron chi connectivity index (χ0n) is 15.3. The van der Waals surface area contributed by atoms with Crippen LogP contribution in [-0.2, 0) is 11.0 Å². The maximum atomic E-state index is 13.0. The third kappa shape index (κ3) is 4.76. The van der Waals surface area contributed by atoms with Crippen LogP contribution in [0.2, 0.25) is 0 Å². The quantitative estimate of drug-likeness (QED) is 0.563. The number of nitrogens with zero attached hydrogens (tertiary/aromatic N) is 4. The van der Waals surface area contributed by atoms with Crippen molar-refractivity contribution in [2.75, 3.05) is 13.1 Å². The van der Waals surface area contributed by atoms with Gasteiger partial charge >= 0.3 is 6.18 Å². The molecular weight excluding hydrogens is 392 g/mol. The molecule has 1 amide bonds. The van der Waals surface area contributed by atoms with Gasteiger partial charge in [-0.15, -0.1) is 0 Å². The second-order valence-corrected chi connectivity index (χ2v) is 6.25. The largest absolute Gasteiger partial charge is 0.437 e. The Bertz CT molecular complexity index is 971. The number of hydrogen-bond acceptors (Lipinski definition) is 5. The highest BCUT2D eigenvalue weighted by atomic mass is 19.4. The van der Waals surface area contributed by atoms with Gasteiger partial charge in [0.2, 0.25) is 5.88 Å². The monoisotopic (exact) mass is 408 g/mol. The molecule has 2 aromatic rings. The summed E-state index contributed by atoms with van der Waals surface area (Å²) in [5.41, 5.74) is 0.271. The number of carbonyl (C=O) groups excluding carboxylic acids is 1. The number of rotatable bonds is 4. The molecule has 3 heterocycles. The molecule has 152 valence electrons. The zero-order valence-corrected chi connectivity index (χ0v) is 15.3. The van der Waals surface area contributed by atoms with Crippen LogP contribution in [0.4, 0.5) is 17.6 Å². The zero-order chi connectivity index (χ0) is 21.2. The lowest BCUT2D eigenvalue weighted by Crippen LogP contribution is -2.34. The number of hydrogen-bond donors (Lipinski definition) is 0. The van der Waals surface area contributed by atoms with Gasteiger partial charge in [0, 0.05) is 19.3 Å². The molecule has 1 aliphatic rings. The van der Waals surface area contributed by atoms with Gasteiger partial charge in [-0.05, 0) is 31.1 Å². The first-order chi connectivity index (χ1) is 13.6. The van der Waals surface area contributed by atoms with Crippen molar-refractivity contribution in [3.8, 4) is 11.6 Å². The van der Waals surface area contributed by atoms with Crippen molar-refractivity contribution in [3.05, 3.63) is 60.1 Å². The molecule has 0 saturated carbocycles. The number of aryl methyl sites for hydroxylation is 1. The van der Waals surface area contributed by atoms with Crippen LogP contribution in [0.25, 0.3) is 5.57 Å². The van der Waals surface area contributed by atoms with Crippen LogP contribution in [-0.4, -0.2) is 38.8 Å². The summed E-state index contributed by atoms with van der Waals surface area (Å²) in [6.45, 7) is 5.09. The second-order valence-electron chi connectivity index (χ2n) is 6.25. The predicted octanol–water partition coefficient (Wildman–Crippen LogP) is 4.09. The Morgan fingerprint density at radius 3 is 2.55 bits per heavy atom. The number of amides is 1. The first-order valence-corrected chi connectivity index (χ1v) is 8.53. The fourth-order valence-electron chi connectivity index (χ4n) is 2.74. The summed E-state index contributed by atoms with van der Waals surface area (Å²) >= 11 is 0. The number of aromatic nitrogens is 3. The first-order valence-electron chi connectivity index (χ1n) is 8.53. The van der Waals surface area contributed by atoms with Crippen molar-refractivity contribution >= 4 is 11.5 Å². The minimum atomic E-state index is -4.55. The van der Waals surface area contributed by atoms with E-state index >= 15 is 0 Å². The SMILES string of the molecule is C=C(F)C(=O)N1CC=C(c2cnc(C)nc2Oc2ccc(C(F)(F)F)nc2)CC1. The van der Waals surface area contributed by atoms with Gasteiger partial charge in [0.25, 0.3) is 5.91 Å². The Kier molecular flexibility index (Phi) is 5.62. The van der Waals surface area contributed by atoms with Crippen molar-refractivity contribution in [1.82, 2.24) is 19.9 Å². The van der Waals surface area contributed by atoms with Crippen LogP contribution >= 0.6 is 0 Å². The molecule has 0 fully saturated rings. The highest BCUT2D eigenvalue weighted by Crippen LogP contribution is 2.33. The lowest BCUT2D eigenvalue weighted by atomic mass is 10.0. The molecule has 3 rings (SSSR count). The summed E-state index contributed by atoms with van der Waals surface area (Å²) in [5, 5.41) is 0. The van der Waals surface area contributed by atoms with Crippen molar-refractivity contribution in [1.29, 1.82) is 0 Å². The Morgan fingerprint density at radius 2 is 2.00 bits per heavy atom. The van der Waals surface area contributed by atoms with Gasteiger partial charge in [0.1, 0.15) is 17.3 Å². The van der Waals surface area contributed by atoms with Crippen molar-refractivity contribution in [2.24, 2.45) is 0 Å². The van der Waals surface area contributed by atoms with Gasteiger partial charge in [-0.3, -0.25) is 4.79 Å². The van der Waals surface area contributed by atoms with Crippen molar-refractivity contribution < 1.29 is 27.1 Å². The summed E-state index contributed by atoms with van der Waals surface area (Å²) < 4.78 is 56.6. The molecule has 0 bridgehead atoms. The molecule has 0 aliphatic carbocycles. The van der Waals surface area contributed by atoms with Gasteiger partial charge in [0.15, 0.2) is 5.83 Å². The molecule has 6 nitrogen and oxygen atoms in total. The minimum absolute atomic E-state index is 0.0827. The summed E-state index contributed by atoms with van der Waals surface area (Å²) in [5.74, 6) is -1.16. The van der Waals surface area contributed by atoms with E-state index in [-0.39, 0.29) is 24.7 Å². The molecule has 0 radical (unpaired) electrons.